The molecule has 0 N–H and O–H groups in total. The second-order valence-corrected chi connectivity index (χ2v) is 7.28. The van der Waals surface area contributed by atoms with Crippen LogP contribution < -0.4 is 0 Å². The lowest BCUT2D eigenvalue weighted by atomic mass is 10.2. The third-order valence-electron chi connectivity index (χ3n) is 3.30. The molecule has 8 heteroatoms. The number of pyridine rings is 1. The first-order valence-corrected chi connectivity index (χ1v) is 9.59. The first-order valence-electron chi connectivity index (χ1n) is 7.35. The van der Waals surface area contributed by atoms with E-state index in [1.54, 1.807) is 23.7 Å². The van der Waals surface area contributed by atoms with E-state index in [1.165, 1.54) is 11.8 Å². The monoisotopic (exact) mass is 386 g/mol. The molecule has 4 aromatic rings. The first kappa shape index (κ1) is 16.3. The Kier molecular flexibility index (Phi) is 4.78. The van der Waals surface area contributed by atoms with Crippen LogP contribution in [0.1, 0.15) is 5.69 Å². The minimum atomic E-state index is 0.468. The zero-order valence-corrected chi connectivity index (χ0v) is 15.2. The average Bonchev–Trinajstić information content (AvgIpc) is 3.31. The predicted molar refractivity (Wildman–Crippen MR) is 99.6 cm³/mol. The van der Waals surface area contributed by atoms with E-state index in [9.17, 15) is 0 Å². The molecule has 0 aliphatic carbocycles. The quantitative estimate of drug-likeness (QED) is 0.439. The summed E-state index contributed by atoms with van der Waals surface area (Å²) in [7, 11) is 0. The number of hydrogen-bond donors (Lipinski definition) is 0. The van der Waals surface area contributed by atoms with Crippen molar-refractivity contribution in [1.29, 1.82) is 0 Å². The summed E-state index contributed by atoms with van der Waals surface area (Å²) < 4.78 is 5.66. The number of rotatable bonds is 5. The van der Waals surface area contributed by atoms with Gasteiger partial charge < -0.3 is 4.42 Å². The molecule has 0 amide bonds. The van der Waals surface area contributed by atoms with Crippen molar-refractivity contribution in [2.75, 3.05) is 0 Å². The average molecular weight is 387 g/mol. The molecule has 3 aromatic heterocycles. The summed E-state index contributed by atoms with van der Waals surface area (Å²) >= 11 is 8.99. The zero-order valence-electron chi connectivity index (χ0n) is 12.8. The van der Waals surface area contributed by atoms with Gasteiger partial charge in [-0.2, -0.15) is 0 Å². The molecule has 0 atom stereocenters. The number of aromatic nitrogens is 4. The van der Waals surface area contributed by atoms with Crippen LogP contribution in [0.25, 0.3) is 22.0 Å². The van der Waals surface area contributed by atoms with Gasteiger partial charge in [0.1, 0.15) is 5.01 Å². The maximum atomic E-state index is 5.92. The minimum Gasteiger partial charge on any atom is -0.411 e. The van der Waals surface area contributed by atoms with E-state index in [1.807, 2.05) is 41.8 Å². The van der Waals surface area contributed by atoms with E-state index >= 15 is 0 Å². The van der Waals surface area contributed by atoms with Crippen LogP contribution in [-0.2, 0) is 5.75 Å². The van der Waals surface area contributed by atoms with Crippen LogP contribution >= 0.6 is 34.7 Å². The molecule has 0 bridgehead atoms. The minimum absolute atomic E-state index is 0.468. The number of nitrogens with zero attached hydrogens (tertiary/aromatic N) is 4. The second-order valence-electron chi connectivity index (χ2n) is 5.05. The van der Waals surface area contributed by atoms with Crippen LogP contribution in [0.4, 0.5) is 0 Å². The summed E-state index contributed by atoms with van der Waals surface area (Å²) in [4.78, 5) is 8.69. The standard InChI is InChI=1S/C17H11ClN4OS2/c18-13-5-3-11(4-6-13)16-20-14(9-24-16)10-25-17-22-21-15(23-17)12-2-1-7-19-8-12/h1-9H,10H2. The highest BCUT2D eigenvalue weighted by atomic mass is 35.5. The maximum Gasteiger partial charge on any atom is 0.277 e. The smallest absolute Gasteiger partial charge is 0.277 e. The van der Waals surface area contributed by atoms with Gasteiger partial charge in [0.15, 0.2) is 0 Å². The third kappa shape index (κ3) is 3.89. The van der Waals surface area contributed by atoms with E-state index < -0.39 is 0 Å². The Balaban J connectivity index is 1.42. The predicted octanol–water partition coefficient (Wildman–Crippen LogP) is 5.20. The summed E-state index contributed by atoms with van der Waals surface area (Å²) in [5.41, 5.74) is 2.84. The van der Waals surface area contributed by atoms with E-state index in [0.29, 0.717) is 16.9 Å². The Hall–Kier alpha value is -2.22. The van der Waals surface area contributed by atoms with Gasteiger partial charge in [-0.05, 0) is 24.3 Å². The van der Waals surface area contributed by atoms with Crippen molar-refractivity contribution < 1.29 is 4.42 Å². The largest absolute Gasteiger partial charge is 0.411 e. The van der Waals surface area contributed by atoms with Gasteiger partial charge in [-0.25, -0.2) is 4.98 Å². The molecule has 0 aliphatic heterocycles. The molecule has 0 spiro atoms. The summed E-state index contributed by atoms with van der Waals surface area (Å²) in [6.07, 6.45) is 3.40. The fourth-order valence-corrected chi connectivity index (χ4v) is 3.82. The number of thiazole rings is 1. The molecule has 0 saturated carbocycles. The molecular weight excluding hydrogens is 376 g/mol. The summed E-state index contributed by atoms with van der Waals surface area (Å²) in [5, 5.41) is 12.4. The molecule has 0 radical (unpaired) electrons. The van der Waals surface area contributed by atoms with Crippen molar-refractivity contribution >= 4 is 34.7 Å². The van der Waals surface area contributed by atoms with Crippen LogP contribution in [0.5, 0.6) is 0 Å². The number of halogens is 1. The molecule has 0 fully saturated rings. The van der Waals surface area contributed by atoms with Crippen molar-refractivity contribution in [2.45, 2.75) is 11.0 Å². The van der Waals surface area contributed by atoms with Crippen LogP contribution in [0.3, 0.4) is 0 Å². The Morgan fingerprint density at radius 2 is 1.96 bits per heavy atom. The molecule has 3 heterocycles. The summed E-state index contributed by atoms with van der Waals surface area (Å²) in [6.45, 7) is 0. The normalized spacial score (nSPS) is 10.9. The Bertz CT molecular complexity index is 970. The lowest BCUT2D eigenvalue weighted by Crippen LogP contribution is -1.82. The van der Waals surface area contributed by atoms with E-state index in [0.717, 1.165) is 26.9 Å². The van der Waals surface area contributed by atoms with Crippen molar-refractivity contribution in [3.05, 3.63) is 64.9 Å². The molecule has 25 heavy (non-hydrogen) atoms. The van der Waals surface area contributed by atoms with Crippen LogP contribution in [0, 0.1) is 0 Å². The van der Waals surface area contributed by atoms with Gasteiger partial charge in [-0.15, -0.1) is 21.5 Å². The molecular formula is C17H11ClN4OS2. The number of benzene rings is 1. The Morgan fingerprint density at radius 3 is 2.76 bits per heavy atom. The second kappa shape index (κ2) is 7.35. The molecule has 0 aliphatic rings. The summed E-state index contributed by atoms with van der Waals surface area (Å²) in [6, 6.07) is 11.4. The SMILES string of the molecule is Clc1ccc(-c2nc(CSc3nnc(-c4cccnc4)o3)cs2)cc1. The Labute approximate surface area is 157 Å². The lowest BCUT2D eigenvalue weighted by Gasteiger charge is -1.96. The first-order chi connectivity index (χ1) is 12.3. The topological polar surface area (TPSA) is 64.7 Å². The van der Waals surface area contributed by atoms with Gasteiger partial charge >= 0.3 is 0 Å². The molecule has 4 rings (SSSR count). The van der Waals surface area contributed by atoms with Gasteiger partial charge in [-0.1, -0.05) is 35.5 Å². The lowest BCUT2D eigenvalue weighted by molar-refractivity contribution is 0.465. The van der Waals surface area contributed by atoms with Gasteiger partial charge in [0.2, 0.25) is 5.89 Å². The number of hydrogen-bond acceptors (Lipinski definition) is 7. The molecule has 1 aromatic carbocycles. The van der Waals surface area contributed by atoms with Gasteiger partial charge in [0.25, 0.3) is 5.22 Å². The highest BCUT2D eigenvalue weighted by Gasteiger charge is 2.11. The van der Waals surface area contributed by atoms with Crippen LogP contribution in [0.2, 0.25) is 5.02 Å². The fourth-order valence-electron chi connectivity index (χ4n) is 2.11. The highest BCUT2D eigenvalue weighted by molar-refractivity contribution is 7.98. The zero-order chi connectivity index (χ0) is 17.1. The molecule has 0 unspecified atom stereocenters. The van der Waals surface area contributed by atoms with Crippen molar-refractivity contribution in [1.82, 2.24) is 20.2 Å². The van der Waals surface area contributed by atoms with Gasteiger partial charge in [-0.3, -0.25) is 4.98 Å². The van der Waals surface area contributed by atoms with E-state index in [-0.39, 0.29) is 0 Å². The molecule has 0 saturated heterocycles. The van der Waals surface area contributed by atoms with E-state index in [4.69, 9.17) is 16.0 Å². The van der Waals surface area contributed by atoms with E-state index in [2.05, 4.69) is 20.2 Å². The molecule has 5 nitrogen and oxygen atoms in total. The highest BCUT2D eigenvalue weighted by Crippen LogP contribution is 2.29. The van der Waals surface area contributed by atoms with Gasteiger partial charge in [0.05, 0.1) is 11.3 Å². The maximum absolute atomic E-state index is 5.92. The van der Waals surface area contributed by atoms with Crippen LogP contribution in [-0.4, -0.2) is 20.2 Å². The third-order valence-corrected chi connectivity index (χ3v) is 5.35. The van der Waals surface area contributed by atoms with Gasteiger partial charge in [0, 0.05) is 34.1 Å². The number of thioether (sulfide) groups is 1. The molecule has 124 valence electrons. The van der Waals surface area contributed by atoms with Crippen molar-refractivity contribution in [3.63, 3.8) is 0 Å². The van der Waals surface area contributed by atoms with Crippen molar-refractivity contribution in [2.24, 2.45) is 0 Å². The Morgan fingerprint density at radius 1 is 1.08 bits per heavy atom. The fraction of sp³-hybridized carbons (Fsp3) is 0.0588. The summed E-state index contributed by atoms with van der Waals surface area (Å²) in [5.74, 6) is 1.13. The van der Waals surface area contributed by atoms with Crippen molar-refractivity contribution in [3.8, 4) is 22.0 Å². The van der Waals surface area contributed by atoms with Crippen LogP contribution in [0.15, 0.2) is 63.8 Å².